The van der Waals surface area contributed by atoms with Crippen LogP contribution in [-0.4, -0.2) is 6.71 Å². The van der Waals surface area contributed by atoms with Gasteiger partial charge in [-0.1, -0.05) is 169 Å². The Labute approximate surface area is 371 Å². The van der Waals surface area contributed by atoms with Gasteiger partial charge in [0.05, 0.1) is 11.4 Å². The first-order valence-electron chi connectivity index (χ1n) is 22.1. The fraction of sp³-hybridized carbons (Fsp3) is 0.138. The minimum atomic E-state index is -0.166. The van der Waals surface area contributed by atoms with Gasteiger partial charge in [-0.15, -0.1) is 0 Å². The Balaban J connectivity index is 1.19. The molecule has 0 aliphatic carbocycles. The van der Waals surface area contributed by atoms with Gasteiger partial charge >= 0.3 is 0 Å². The van der Waals surface area contributed by atoms with Gasteiger partial charge in [-0.3, -0.25) is 0 Å². The number of anilines is 6. The molecule has 0 radical (unpaired) electrons. The van der Waals surface area contributed by atoms with Crippen LogP contribution < -0.4 is 35.7 Å². The molecule has 0 atom stereocenters. The van der Waals surface area contributed by atoms with Crippen molar-refractivity contribution in [2.24, 2.45) is 0 Å². The van der Waals surface area contributed by atoms with Crippen LogP contribution >= 0.6 is 0 Å². The van der Waals surface area contributed by atoms with E-state index in [0.29, 0.717) is 0 Å². The summed E-state index contributed by atoms with van der Waals surface area (Å²) in [6, 6.07) is 67.6. The Morgan fingerprint density at radius 1 is 0.333 bits per heavy atom. The molecule has 0 fully saturated rings. The highest BCUT2D eigenvalue weighted by atomic mass is 16.5. The number of rotatable bonds is 6. The van der Waals surface area contributed by atoms with E-state index in [1.54, 1.807) is 0 Å². The van der Waals surface area contributed by atoms with Crippen LogP contribution in [0.2, 0.25) is 0 Å². The number of nitrogens with zero attached hydrogens (tertiary/aromatic N) is 2. The fourth-order valence-electron chi connectivity index (χ4n) is 10.1. The van der Waals surface area contributed by atoms with E-state index in [1.807, 2.05) is 0 Å². The lowest BCUT2D eigenvalue weighted by Crippen LogP contribution is -2.58. The minimum Gasteiger partial charge on any atom is -0.458 e. The van der Waals surface area contributed by atoms with Crippen LogP contribution in [0, 0.1) is 0 Å². The van der Waals surface area contributed by atoms with Crippen molar-refractivity contribution in [1.82, 2.24) is 0 Å². The average molecular weight is 817 g/mol. The quantitative estimate of drug-likeness (QED) is 0.156. The van der Waals surface area contributed by atoms with Gasteiger partial charge in [-0.25, -0.2) is 0 Å². The Morgan fingerprint density at radius 2 is 0.698 bits per heavy atom. The van der Waals surface area contributed by atoms with E-state index in [0.717, 1.165) is 95.1 Å². The molecule has 2 aliphatic rings. The number of fused-ring (bicyclic) bond motifs is 8. The molecule has 0 amide bonds. The van der Waals surface area contributed by atoms with E-state index in [4.69, 9.17) is 9.47 Å². The molecule has 306 valence electrons. The second-order valence-corrected chi connectivity index (χ2v) is 18.9. The van der Waals surface area contributed by atoms with Crippen LogP contribution in [0.4, 0.5) is 34.1 Å². The second kappa shape index (κ2) is 14.7. The molecule has 0 spiro atoms. The number of hydrogen-bond donors (Lipinski definition) is 0. The Kier molecular flexibility index (Phi) is 9.02. The maximum absolute atomic E-state index is 7.13. The highest BCUT2D eigenvalue weighted by Gasteiger charge is 2.43. The number of benzene rings is 9. The van der Waals surface area contributed by atoms with E-state index < -0.39 is 0 Å². The second-order valence-electron chi connectivity index (χ2n) is 18.9. The van der Waals surface area contributed by atoms with Crippen molar-refractivity contribution in [2.75, 3.05) is 9.80 Å². The monoisotopic (exact) mass is 816 g/mol. The van der Waals surface area contributed by atoms with Gasteiger partial charge < -0.3 is 19.3 Å². The summed E-state index contributed by atoms with van der Waals surface area (Å²) in [6.07, 6.45) is 0. The molecule has 0 bridgehead atoms. The summed E-state index contributed by atoms with van der Waals surface area (Å²) < 4.78 is 14.3. The van der Waals surface area contributed by atoms with Gasteiger partial charge in [0.1, 0.15) is 23.0 Å². The van der Waals surface area contributed by atoms with Crippen molar-refractivity contribution in [3.63, 3.8) is 0 Å². The smallest absolute Gasteiger partial charge is 0.262 e. The zero-order chi connectivity index (χ0) is 43.0. The number of hydrogen-bond acceptors (Lipinski definition) is 4. The summed E-state index contributed by atoms with van der Waals surface area (Å²) in [5, 5.41) is 4.60. The van der Waals surface area contributed by atoms with Crippen LogP contribution in [0.1, 0.15) is 52.7 Å². The van der Waals surface area contributed by atoms with Crippen LogP contribution in [-0.2, 0) is 10.8 Å². The van der Waals surface area contributed by atoms with E-state index in [9.17, 15) is 0 Å². The molecule has 2 aliphatic heterocycles. The molecule has 0 aromatic heterocycles. The molecule has 0 N–H and O–H groups in total. The molecule has 2 heterocycles. The van der Waals surface area contributed by atoms with Gasteiger partial charge in [0.25, 0.3) is 6.71 Å². The van der Waals surface area contributed by atoms with Gasteiger partial charge in [0, 0.05) is 51.1 Å². The Bertz CT molecular complexity index is 3010. The van der Waals surface area contributed by atoms with Crippen molar-refractivity contribution >= 4 is 78.8 Å². The summed E-state index contributed by atoms with van der Waals surface area (Å²) in [4.78, 5) is 4.84. The Morgan fingerprint density at radius 3 is 1.11 bits per heavy atom. The van der Waals surface area contributed by atoms with Gasteiger partial charge in [0.15, 0.2) is 0 Å². The van der Waals surface area contributed by atoms with E-state index in [-0.39, 0.29) is 17.5 Å². The number of ether oxygens (including phenoxy) is 2. The van der Waals surface area contributed by atoms with Crippen LogP contribution in [0.15, 0.2) is 188 Å². The van der Waals surface area contributed by atoms with Gasteiger partial charge in [-0.05, 0) is 92.2 Å². The first-order chi connectivity index (χ1) is 30.6. The SMILES string of the molecule is CC(C)(C)c1ccccc1N(c1ccccc1)c1cc2c(c3ccccc13)B1c3c(cccc3Oc3cc(N(c4ccccc4)c4ccccc4C(C)(C)C)c4ccccc4c31)O2. The van der Waals surface area contributed by atoms with E-state index in [2.05, 4.69) is 239 Å². The molecule has 5 heteroatoms. The lowest BCUT2D eigenvalue weighted by molar-refractivity contribution is 0.465. The molecule has 0 unspecified atom stereocenters. The van der Waals surface area contributed by atoms with Crippen molar-refractivity contribution in [3.8, 4) is 23.0 Å². The van der Waals surface area contributed by atoms with E-state index >= 15 is 0 Å². The summed E-state index contributed by atoms with van der Waals surface area (Å²) in [6.45, 7) is 13.6. The minimum absolute atomic E-state index is 0.101. The zero-order valence-electron chi connectivity index (χ0n) is 36.7. The van der Waals surface area contributed by atoms with Crippen LogP contribution in [0.3, 0.4) is 0 Å². The third kappa shape index (κ3) is 6.37. The molecule has 9 aromatic rings. The predicted molar refractivity (Wildman–Crippen MR) is 266 cm³/mol. The first kappa shape index (κ1) is 38.7. The first-order valence-corrected chi connectivity index (χ1v) is 22.1. The summed E-state index contributed by atoms with van der Waals surface area (Å²) in [5.74, 6) is 3.32. The molecular weight excluding hydrogens is 767 g/mol. The zero-order valence-corrected chi connectivity index (χ0v) is 36.7. The van der Waals surface area contributed by atoms with Crippen molar-refractivity contribution in [2.45, 2.75) is 52.4 Å². The molecule has 9 aromatic carbocycles. The normalized spacial score (nSPS) is 12.8. The molecule has 0 saturated heterocycles. The van der Waals surface area contributed by atoms with Gasteiger partial charge in [-0.2, -0.15) is 0 Å². The molecular formula is C58H49BN2O2. The highest BCUT2D eigenvalue weighted by molar-refractivity contribution is 7.01. The van der Waals surface area contributed by atoms with Crippen molar-refractivity contribution in [1.29, 1.82) is 0 Å². The van der Waals surface area contributed by atoms with Crippen LogP contribution in [0.25, 0.3) is 21.5 Å². The Hall–Kier alpha value is -7.24. The maximum atomic E-state index is 7.13. The summed E-state index contributed by atoms with van der Waals surface area (Å²) in [5.41, 5.74) is 12.3. The number of para-hydroxylation sites is 4. The molecule has 0 saturated carbocycles. The standard InChI is InChI=1S/C58H49BN2O2/c1-57(2,3)44-30-17-19-32-46(44)60(38-22-9-7-10-23-38)48-36-52-54(42-28-15-13-26-40(42)48)59-55-43-29-16-14-27-41(43)49(37-53(55)63-51-35-21-34-50(62-52)56(51)59)61(39-24-11-8-12-25-39)47-33-20-18-31-45(47)58(4,5)6/h7-37H,1-6H3. The summed E-state index contributed by atoms with van der Waals surface area (Å²) >= 11 is 0. The molecule has 11 rings (SSSR count). The third-order valence-electron chi connectivity index (χ3n) is 12.8. The maximum Gasteiger partial charge on any atom is 0.262 e. The third-order valence-corrected chi connectivity index (χ3v) is 12.8. The van der Waals surface area contributed by atoms with E-state index in [1.165, 1.54) is 11.1 Å². The lowest BCUT2D eigenvalue weighted by Gasteiger charge is -2.38. The van der Waals surface area contributed by atoms with Crippen LogP contribution in [0.5, 0.6) is 23.0 Å². The topological polar surface area (TPSA) is 24.9 Å². The van der Waals surface area contributed by atoms with Crippen molar-refractivity contribution in [3.05, 3.63) is 199 Å². The predicted octanol–water partition coefficient (Wildman–Crippen LogP) is 14.3. The van der Waals surface area contributed by atoms with Gasteiger partial charge in [0.2, 0.25) is 0 Å². The fourth-order valence-corrected chi connectivity index (χ4v) is 10.1. The van der Waals surface area contributed by atoms with Crippen molar-refractivity contribution < 1.29 is 9.47 Å². The average Bonchev–Trinajstić information content (AvgIpc) is 3.29. The lowest BCUT2D eigenvalue weighted by atomic mass is 9.33. The summed E-state index contributed by atoms with van der Waals surface area (Å²) in [7, 11) is 0. The molecule has 63 heavy (non-hydrogen) atoms. The largest absolute Gasteiger partial charge is 0.458 e. The molecule has 4 nitrogen and oxygen atoms in total. The highest BCUT2D eigenvalue weighted by Crippen LogP contribution is 2.49.